The smallest absolute Gasteiger partial charge is 0.326 e. The fraction of sp³-hybridized carbons (Fsp3) is 0.818. The summed E-state index contributed by atoms with van der Waals surface area (Å²) in [7, 11) is 0. The van der Waals surface area contributed by atoms with Crippen LogP contribution in [-0.4, -0.2) is 51.1 Å². The number of carbonyl (C=O) groups excluding carboxylic acids is 1. The molecule has 94 valence electrons. The molecular formula is C11H16N2O3S. The van der Waals surface area contributed by atoms with Crippen molar-refractivity contribution in [2.75, 3.05) is 12.3 Å². The molecule has 3 rings (SSSR count). The Morgan fingerprint density at radius 2 is 2.41 bits per heavy atom. The van der Waals surface area contributed by atoms with Crippen LogP contribution in [0.3, 0.4) is 0 Å². The van der Waals surface area contributed by atoms with E-state index in [0.717, 1.165) is 31.6 Å². The lowest BCUT2D eigenvalue weighted by molar-refractivity contribution is -0.150. The van der Waals surface area contributed by atoms with Gasteiger partial charge in [0.1, 0.15) is 11.6 Å². The minimum atomic E-state index is -0.862. The van der Waals surface area contributed by atoms with Crippen LogP contribution in [0.1, 0.15) is 25.7 Å². The highest BCUT2D eigenvalue weighted by Gasteiger charge is 2.56. The first-order valence-corrected chi connectivity index (χ1v) is 7.11. The molecule has 0 aliphatic carbocycles. The second-order valence-corrected chi connectivity index (χ2v) is 6.28. The predicted octanol–water partition coefficient (Wildman–Crippen LogP) is 0.257. The predicted molar refractivity (Wildman–Crippen MR) is 63.7 cm³/mol. The summed E-state index contributed by atoms with van der Waals surface area (Å²) in [5.74, 6) is -0.0140. The zero-order valence-electron chi connectivity index (χ0n) is 9.52. The van der Waals surface area contributed by atoms with E-state index in [-0.39, 0.29) is 11.3 Å². The summed E-state index contributed by atoms with van der Waals surface area (Å²) >= 11 is 1.72. The molecule has 2 N–H and O–H groups in total. The maximum Gasteiger partial charge on any atom is 0.326 e. The molecule has 5 nitrogen and oxygen atoms in total. The molecule has 0 aromatic heterocycles. The van der Waals surface area contributed by atoms with Crippen LogP contribution in [-0.2, 0) is 9.59 Å². The van der Waals surface area contributed by atoms with Crippen LogP contribution in [0.15, 0.2) is 0 Å². The zero-order valence-corrected chi connectivity index (χ0v) is 10.3. The second kappa shape index (κ2) is 3.88. The second-order valence-electron chi connectivity index (χ2n) is 5.00. The van der Waals surface area contributed by atoms with Gasteiger partial charge in [0.2, 0.25) is 5.91 Å². The summed E-state index contributed by atoms with van der Waals surface area (Å²) in [4.78, 5) is 25.3. The summed E-state index contributed by atoms with van der Waals surface area (Å²) in [6, 6.07) is -0.615. The molecule has 3 aliphatic rings. The SMILES string of the molecule is O=C(O)[C@H]1CCS[C@@H]2C[C@]3(CCCN3)C(=O)N12. The Labute approximate surface area is 104 Å². The van der Waals surface area contributed by atoms with Crippen molar-refractivity contribution < 1.29 is 14.7 Å². The summed E-state index contributed by atoms with van der Waals surface area (Å²) in [6.45, 7) is 0.870. The number of amides is 1. The molecule has 1 spiro atoms. The molecule has 0 bridgehead atoms. The van der Waals surface area contributed by atoms with Gasteiger partial charge in [-0.1, -0.05) is 0 Å². The molecule has 0 unspecified atom stereocenters. The minimum Gasteiger partial charge on any atom is -0.480 e. The molecule has 0 saturated carbocycles. The number of fused-ring (bicyclic) bond motifs is 1. The third-order valence-corrected chi connectivity index (χ3v) is 5.29. The van der Waals surface area contributed by atoms with Gasteiger partial charge in [-0.25, -0.2) is 4.79 Å². The summed E-state index contributed by atoms with van der Waals surface area (Å²) in [5, 5.41) is 12.6. The molecule has 17 heavy (non-hydrogen) atoms. The van der Waals surface area contributed by atoms with Crippen molar-refractivity contribution >= 4 is 23.6 Å². The third kappa shape index (κ3) is 1.57. The number of nitrogens with one attached hydrogen (secondary N) is 1. The van der Waals surface area contributed by atoms with Gasteiger partial charge in [-0.3, -0.25) is 4.79 Å². The van der Waals surface area contributed by atoms with Crippen LogP contribution < -0.4 is 5.32 Å². The largest absolute Gasteiger partial charge is 0.480 e. The Kier molecular flexibility index (Phi) is 2.59. The number of nitrogens with zero attached hydrogens (tertiary/aromatic N) is 1. The third-order valence-electron chi connectivity index (χ3n) is 4.04. The van der Waals surface area contributed by atoms with Crippen LogP contribution in [0.2, 0.25) is 0 Å². The van der Waals surface area contributed by atoms with E-state index in [0.29, 0.717) is 6.42 Å². The molecule has 3 fully saturated rings. The first-order chi connectivity index (χ1) is 8.14. The number of thioether (sulfide) groups is 1. The molecule has 3 heterocycles. The van der Waals surface area contributed by atoms with Crippen molar-refractivity contribution in [2.45, 2.75) is 42.6 Å². The van der Waals surface area contributed by atoms with Crippen LogP contribution >= 0.6 is 11.8 Å². The Hall–Kier alpha value is -0.750. The average Bonchev–Trinajstić information content (AvgIpc) is 2.87. The number of hydrogen-bond acceptors (Lipinski definition) is 4. The van der Waals surface area contributed by atoms with E-state index < -0.39 is 17.6 Å². The fourth-order valence-corrected chi connectivity index (χ4v) is 4.64. The lowest BCUT2D eigenvalue weighted by Crippen LogP contribution is -2.53. The van der Waals surface area contributed by atoms with Gasteiger partial charge >= 0.3 is 5.97 Å². The Morgan fingerprint density at radius 1 is 1.59 bits per heavy atom. The molecule has 0 aromatic rings. The van der Waals surface area contributed by atoms with E-state index in [1.165, 1.54) is 0 Å². The first-order valence-electron chi connectivity index (χ1n) is 6.06. The van der Waals surface area contributed by atoms with Crippen LogP contribution in [0.4, 0.5) is 0 Å². The van der Waals surface area contributed by atoms with Crippen molar-refractivity contribution in [1.29, 1.82) is 0 Å². The lowest BCUT2D eigenvalue weighted by atomic mass is 9.96. The molecule has 1 amide bonds. The maximum absolute atomic E-state index is 12.5. The first kappa shape index (κ1) is 11.3. The highest BCUT2D eigenvalue weighted by molar-refractivity contribution is 7.99. The van der Waals surface area contributed by atoms with Gasteiger partial charge < -0.3 is 15.3 Å². The standard InChI is InChI=1S/C11H16N2O3S/c14-9(15)7-2-5-17-8-6-11(3-1-4-12-11)10(16)13(7)8/h7-8,12H,1-6H2,(H,14,15)/t7-,8-,11-/m1/s1. The highest BCUT2D eigenvalue weighted by atomic mass is 32.2. The fourth-order valence-electron chi connectivity index (χ4n) is 3.20. The topological polar surface area (TPSA) is 69.6 Å². The van der Waals surface area contributed by atoms with Gasteiger partial charge in [-0.05, 0) is 31.6 Å². The van der Waals surface area contributed by atoms with Crippen molar-refractivity contribution in [3.05, 3.63) is 0 Å². The van der Waals surface area contributed by atoms with E-state index in [9.17, 15) is 14.7 Å². The van der Waals surface area contributed by atoms with E-state index in [1.54, 1.807) is 16.7 Å². The summed E-state index contributed by atoms with van der Waals surface area (Å²) in [5.41, 5.74) is -0.449. The van der Waals surface area contributed by atoms with Gasteiger partial charge in [-0.15, -0.1) is 11.8 Å². The zero-order chi connectivity index (χ0) is 12.0. The molecular weight excluding hydrogens is 240 g/mol. The van der Waals surface area contributed by atoms with Crippen LogP contribution in [0, 0.1) is 0 Å². The quantitative estimate of drug-likeness (QED) is 0.704. The van der Waals surface area contributed by atoms with E-state index in [1.807, 2.05) is 0 Å². The molecule has 0 radical (unpaired) electrons. The molecule has 0 aromatic carbocycles. The number of carbonyl (C=O) groups is 2. The number of hydrogen-bond donors (Lipinski definition) is 2. The van der Waals surface area contributed by atoms with E-state index in [2.05, 4.69) is 5.32 Å². The van der Waals surface area contributed by atoms with Crippen molar-refractivity contribution in [3.8, 4) is 0 Å². The Balaban J connectivity index is 1.90. The minimum absolute atomic E-state index is 0.0135. The van der Waals surface area contributed by atoms with Gasteiger partial charge in [-0.2, -0.15) is 0 Å². The van der Waals surface area contributed by atoms with E-state index >= 15 is 0 Å². The van der Waals surface area contributed by atoms with Crippen molar-refractivity contribution in [3.63, 3.8) is 0 Å². The van der Waals surface area contributed by atoms with Gasteiger partial charge in [0.05, 0.1) is 5.37 Å². The normalized spacial score (nSPS) is 40.9. The molecule has 3 aliphatic heterocycles. The average molecular weight is 256 g/mol. The van der Waals surface area contributed by atoms with Crippen molar-refractivity contribution in [2.24, 2.45) is 0 Å². The number of carboxylic acids is 1. The van der Waals surface area contributed by atoms with E-state index in [4.69, 9.17) is 0 Å². The monoisotopic (exact) mass is 256 g/mol. The number of rotatable bonds is 1. The maximum atomic E-state index is 12.5. The van der Waals surface area contributed by atoms with Crippen LogP contribution in [0.25, 0.3) is 0 Å². The lowest BCUT2D eigenvalue weighted by Gasteiger charge is -2.34. The van der Waals surface area contributed by atoms with Gasteiger partial charge in [0.25, 0.3) is 0 Å². The highest BCUT2D eigenvalue weighted by Crippen LogP contribution is 2.43. The molecule has 3 atom stereocenters. The molecule has 6 heteroatoms. The van der Waals surface area contributed by atoms with Gasteiger partial charge in [0.15, 0.2) is 0 Å². The Bertz CT molecular complexity index is 368. The van der Waals surface area contributed by atoms with Crippen LogP contribution in [0.5, 0.6) is 0 Å². The number of aliphatic carboxylic acids is 1. The summed E-state index contributed by atoms with van der Waals surface area (Å²) in [6.07, 6.45) is 3.19. The van der Waals surface area contributed by atoms with Crippen molar-refractivity contribution in [1.82, 2.24) is 10.2 Å². The molecule has 3 saturated heterocycles. The summed E-state index contributed by atoms with van der Waals surface area (Å²) < 4.78 is 0. The number of carboxylic acid groups (broad SMARTS) is 1. The Morgan fingerprint density at radius 3 is 3.06 bits per heavy atom. The van der Waals surface area contributed by atoms with Gasteiger partial charge in [0, 0.05) is 6.42 Å².